The molecule has 0 aromatic heterocycles. The Hall–Kier alpha value is -3.94. The number of benzene rings is 5. The SMILES string of the molecule is OCc1ccccc1Cc1ccccc1Cc1ccccc1Cc1ccc(Cc2ccccc2)cc1. The fourth-order valence-electron chi connectivity index (χ4n) is 4.93. The molecule has 0 radical (unpaired) electrons. The van der Waals surface area contributed by atoms with E-state index in [9.17, 15) is 5.11 Å². The standard InChI is InChI=1S/C35H32O/c36-26-35-17-9-8-16-34(35)25-33-15-7-6-14-32(33)24-31-13-5-4-12-30(31)23-29-20-18-28(19-21-29)22-27-10-2-1-3-11-27/h1-21,36H,22-26H2. The van der Waals surface area contributed by atoms with Gasteiger partial charge in [0.1, 0.15) is 0 Å². The summed E-state index contributed by atoms with van der Waals surface area (Å²) in [5, 5.41) is 9.77. The van der Waals surface area contributed by atoms with Gasteiger partial charge in [0, 0.05) is 0 Å². The maximum atomic E-state index is 9.77. The van der Waals surface area contributed by atoms with E-state index in [1.165, 1.54) is 44.5 Å². The Morgan fingerprint density at radius 2 is 0.639 bits per heavy atom. The van der Waals surface area contributed by atoms with Crippen molar-refractivity contribution in [3.05, 3.63) is 177 Å². The van der Waals surface area contributed by atoms with Crippen LogP contribution in [0.2, 0.25) is 0 Å². The Morgan fingerprint density at radius 1 is 0.306 bits per heavy atom. The van der Waals surface area contributed by atoms with Gasteiger partial charge < -0.3 is 5.11 Å². The van der Waals surface area contributed by atoms with Crippen LogP contribution in [0.1, 0.15) is 50.1 Å². The first-order chi connectivity index (χ1) is 17.8. The largest absolute Gasteiger partial charge is 0.392 e. The molecule has 36 heavy (non-hydrogen) atoms. The predicted octanol–water partition coefficient (Wildman–Crippen LogP) is 7.54. The highest BCUT2D eigenvalue weighted by molar-refractivity contribution is 5.42. The second-order valence-electron chi connectivity index (χ2n) is 9.47. The van der Waals surface area contributed by atoms with Gasteiger partial charge in [0.2, 0.25) is 0 Å². The van der Waals surface area contributed by atoms with Crippen LogP contribution in [0.25, 0.3) is 0 Å². The normalized spacial score (nSPS) is 10.9. The molecular weight excluding hydrogens is 436 g/mol. The van der Waals surface area contributed by atoms with Crippen molar-refractivity contribution in [2.24, 2.45) is 0 Å². The number of hydrogen-bond donors (Lipinski definition) is 1. The van der Waals surface area contributed by atoms with Crippen molar-refractivity contribution in [3.8, 4) is 0 Å². The van der Waals surface area contributed by atoms with Crippen LogP contribution < -0.4 is 0 Å². The second kappa shape index (κ2) is 11.7. The van der Waals surface area contributed by atoms with Crippen LogP contribution in [0, 0.1) is 0 Å². The Balaban J connectivity index is 1.33. The first-order valence-corrected chi connectivity index (χ1v) is 12.7. The summed E-state index contributed by atoms with van der Waals surface area (Å²) < 4.78 is 0. The fraction of sp³-hybridized carbons (Fsp3) is 0.143. The Kier molecular flexibility index (Phi) is 7.70. The minimum atomic E-state index is 0.0747. The van der Waals surface area contributed by atoms with Crippen LogP contribution in [0.3, 0.4) is 0 Å². The molecule has 1 nitrogen and oxygen atoms in total. The lowest BCUT2D eigenvalue weighted by Gasteiger charge is -2.15. The molecule has 0 aliphatic carbocycles. The molecule has 0 saturated heterocycles. The predicted molar refractivity (Wildman–Crippen MR) is 149 cm³/mol. The monoisotopic (exact) mass is 468 g/mol. The third-order valence-electron chi connectivity index (χ3n) is 6.96. The zero-order valence-electron chi connectivity index (χ0n) is 20.6. The maximum absolute atomic E-state index is 9.77. The summed E-state index contributed by atoms with van der Waals surface area (Å²) >= 11 is 0. The van der Waals surface area contributed by atoms with E-state index in [0.29, 0.717) is 0 Å². The van der Waals surface area contributed by atoms with Gasteiger partial charge in [0.05, 0.1) is 6.61 Å². The molecule has 178 valence electrons. The van der Waals surface area contributed by atoms with Crippen molar-refractivity contribution in [1.29, 1.82) is 0 Å². The van der Waals surface area contributed by atoms with Gasteiger partial charge in [-0.15, -0.1) is 0 Å². The highest BCUT2D eigenvalue weighted by atomic mass is 16.3. The van der Waals surface area contributed by atoms with Crippen molar-refractivity contribution in [2.45, 2.75) is 32.3 Å². The van der Waals surface area contributed by atoms with E-state index in [4.69, 9.17) is 0 Å². The van der Waals surface area contributed by atoms with Crippen LogP contribution in [0.4, 0.5) is 0 Å². The molecule has 5 aromatic carbocycles. The Bertz CT molecular complexity index is 1400. The summed E-state index contributed by atoms with van der Waals surface area (Å²) in [5.74, 6) is 0. The summed E-state index contributed by atoms with van der Waals surface area (Å²) in [6.07, 6.45) is 3.63. The van der Waals surface area contributed by atoms with E-state index in [2.05, 4.69) is 115 Å². The number of aliphatic hydroxyl groups excluding tert-OH is 1. The van der Waals surface area contributed by atoms with Crippen molar-refractivity contribution >= 4 is 0 Å². The minimum absolute atomic E-state index is 0.0747. The van der Waals surface area contributed by atoms with Gasteiger partial charge in [-0.25, -0.2) is 0 Å². The average Bonchev–Trinajstić information content (AvgIpc) is 2.93. The third-order valence-corrected chi connectivity index (χ3v) is 6.96. The average molecular weight is 469 g/mol. The van der Waals surface area contributed by atoms with Crippen LogP contribution in [-0.2, 0) is 32.3 Å². The molecule has 0 amide bonds. The lowest BCUT2D eigenvalue weighted by atomic mass is 9.90. The smallest absolute Gasteiger partial charge is 0.0684 e. The lowest BCUT2D eigenvalue weighted by molar-refractivity contribution is 0.281. The summed E-state index contributed by atoms with van der Waals surface area (Å²) in [6, 6.07) is 45.4. The highest BCUT2D eigenvalue weighted by Crippen LogP contribution is 2.23. The van der Waals surface area contributed by atoms with Gasteiger partial charge in [-0.3, -0.25) is 0 Å². The molecule has 0 aliphatic heterocycles. The van der Waals surface area contributed by atoms with Crippen LogP contribution in [-0.4, -0.2) is 5.11 Å². The van der Waals surface area contributed by atoms with Gasteiger partial charge in [0.25, 0.3) is 0 Å². The van der Waals surface area contributed by atoms with Crippen molar-refractivity contribution in [3.63, 3.8) is 0 Å². The minimum Gasteiger partial charge on any atom is -0.392 e. The van der Waals surface area contributed by atoms with Crippen molar-refractivity contribution in [2.75, 3.05) is 0 Å². The molecule has 0 bridgehead atoms. The van der Waals surface area contributed by atoms with Crippen LogP contribution >= 0.6 is 0 Å². The maximum Gasteiger partial charge on any atom is 0.0684 e. The Labute approximate surface area is 214 Å². The number of hydrogen-bond acceptors (Lipinski definition) is 1. The van der Waals surface area contributed by atoms with E-state index < -0.39 is 0 Å². The zero-order valence-corrected chi connectivity index (χ0v) is 20.6. The quantitative estimate of drug-likeness (QED) is 0.237. The molecule has 0 spiro atoms. The van der Waals surface area contributed by atoms with Gasteiger partial charge >= 0.3 is 0 Å². The van der Waals surface area contributed by atoms with Gasteiger partial charge in [-0.1, -0.05) is 127 Å². The molecule has 0 aliphatic rings. The zero-order chi connectivity index (χ0) is 24.6. The van der Waals surface area contributed by atoms with E-state index >= 15 is 0 Å². The fourth-order valence-corrected chi connectivity index (χ4v) is 4.93. The first kappa shape index (κ1) is 23.8. The summed E-state index contributed by atoms with van der Waals surface area (Å²) in [6.45, 7) is 0.0747. The summed E-state index contributed by atoms with van der Waals surface area (Å²) in [5.41, 5.74) is 11.6. The Morgan fingerprint density at radius 3 is 1.11 bits per heavy atom. The number of aliphatic hydroxyl groups is 1. The van der Waals surface area contributed by atoms with E-state index in [1.807, 2.05) is 12.1 Å². The topological polar surface area (TPSA) is 20.2 Å². The van der Waals surface area contributed by atoms with Gasteiger partial charge in [0.15, 0.2) is 0 Å². The van der Waals surface area contributed by atoms with Gasteiger partial charge in [-0.05, 0) is 75.8 Å². The molecule has 1 N–H and O–H groups in total. The molecule has 0 saturated carbocycles. The summed E-state index contributed by atoms with van der Waals surface area (Å²) in [7, 11) is 0. The number of rotatable bonds is 9. The highest BCUT2D eigenvalue weighted by Gasteiger charge is 2.10. The molecule has 0 unspecified atom stereocenters. The van der Waals surface area contributed by atoms with E-state index in [-0.39, 0.29) is 6.61 Å². The molecular formula is C35H32O. The van der Waals surface area contributed by atoms with Crippen molar-refractivity contribution in [1.82, 2.24) is 0 Å². The molecule has 5 aromatic rings. The molecule has 0 fully saturated rings. The van der Waals surface area contributed by atoms with Crippen LogP contribution in [0.5, 0.6) is 0 Å². The third kappa shape index (κ3) is 6.00. The van der Waals surface area contributed by atoms with Crippen LogP contribution in [0.15, 0.2) is 127 Å². The molecule has 0 atom stereocenters. The molecule has 0 heterocycles. The van der Waals surface area contributed by atoms with E-state index in [0.717, 1.165) is 31.2 Å². The van der Waals surface area contributed by atoms with Gasteiger partial charge in [-0.2, -0.15) is 0 Å². The first-order valence-electron chi connectivity index (χ1n) is 12.7. The van der Waals surface area contributed by atoms with E-state index in [1.54, 1.807) is 0 Å². The summed E-state index contributed by atoms with van der Waals surface area (Å²) in [4.78, 5) is 0. The lowest BCUT2D eigenvalue weighted by Crippen LogP contribution is -2.02. The second-order valence-corrected chi connectivity index (χ2v) is 9.47. The molecule has 1 heteroatoms. The van der Waals surface area contributed by atoms with Crippen molar-refractivity contribution < 1.29 is 5.11 Å². The molecule has 5 rings (SSSR count).